The first-order valence-corrected chi connectivity index (χ1v) is 8.83. The summed E-state index contributed by atoms with van der Waals surface area (Å²) in [6, 6.07) is 10.4. The monoisotopic (exact) mass is 301 g/mol. The van der Waals surface area contributed by atoms with Gasteiger partial charge in [-0.25, -0.2) is 0 Å². The molecular formula is C19H27NO2. The zero-order valence-corrected chi connectivity index (χ0v) is 13.4. The fraction of sp³-hybridized carbons (Fsp3) is 0.684. The van der Waals surface area contributed by atoms with E-state index in [-0.39, 0.29) is 11.7 Å². The molecule has 0 amide bonds. The number of hydrogen-bond donors (Lipinski definition) is 0. The summed E-state index contributed by atoms with van der Waals surface area (Å²) < 4.78 is 12.3. The molecule has 2 heterocycles. The number of nitrogens with zero attached hydrogens (tertiary/aromatic N) is 1. The van der Waals surface area contributed by atoms with Gasteiger partial charge in [-0.1, -0.05) is 30.3 Å². The van der Waals surface area contributed by atoms with Gasteiger partial charge >= 0.3 is 0 Å². The number of likely N-dealkylation sites (tertiary alicyclic amines) is 1. The van der Waals surface area contributed by atoms with E-state index >= 15 is 0 Å². The SMILES string of the molecule is c1ccc(CO[C@@H]2COC3(CCN(CC4CC4)CC3)C2)cc1. The molecule has 120 valence electrons. The van der Waals surface area contributed by atoms with E-state index in [1.807, 2.05) is 6.07 Å². The Bertz CT molecular complexity index is 477. The fourth-order valence-corrected chi connectivity index (χ4v) is 3.86. The van der Waals surface area contributed by atoms with E-state index in [0.29, 0.717) is 6.61 Å². The van der Waals surface area contributed by atoms with Crippen LogP contribution in [0, 0.1) is 5.92 Å². The van der Waals surface area contributed by atoms with Crippen LogP contribution in [0.25, 0.3) is 0 Å². The van der Waals surface area contributed by atoms with Crippen LogP contribution in [0.3, 0.4) is 0 Å². The summed E-state index contributed by atoms with van der Waals surface area (Å²) in [5.74, 6) is 1.00. The number of hydrogen-bond acceptors (Lipinski definition) is 3. The Kier molecular flexibility index (Phi) is 4.21. The fourth-order valence-electron chi connectivity index (χ4n) is 3.86. The number of benzene rings is 1. The van der Waals surface area contributed by atoms with Crippen LogP contribution in [-0.4, -0.2) is 42.8 Å². The number of rotatable bonds is 5. The van der Waals surface area contributed by atoms with E-state index in [4.69, 9.17) is 9.47 Å². The first-order valence-electron chi connectivity index (χ1n) is 8.83. The molecule has 0 bridgehead atoms. The average molecular weight is 301 g/mol. The van der Waals surface area contributed by atoms with Gasteiger partial charge < -0.3 is 14.4 Å². The van der Waals surface area contributed by atoms with Crippen molar-refractivity contribution < 1.29 is 9.47 Å². The Balaban J connectivity index is 1.24. The molecule has 1 aromatic carbocycles. The van der Waals surface area contributed by atoms with Crippen LogP contribution >= 0.6 is 0 Å². The molecule has 2 saturated heterocycles. The van der Waals surface area contributed by atoms with Crippen LogP contribution in [0.1, 0.15) is 37.7 Å². The van der Waals surface area contributed by atoms with Crippen LogP contribution in [0.5, 0.6) is 0 Å². The molecule has 1 atom stereocenters. The zero-order chi connectivity index (χ0) is 14.8. The third-order valence-corrected chi connectivity index (χ3v) is 5.48. The van der Waals surface area contributed by atoms with E-state index < -0.39 is 0 Å². The normalized spacial score (nSPS) is 28.3. The largest absolute Gasteiger partial charge is 0.372 e. The summed E-state index contributed by atoms with van der Waals surface area (Å²) in [5, 5.41) is 0. The molecule has 1 saturated carbocycles. The predicted molar refractivity (Wildman–Crippen MR) is 86.7 cm³/mol. The maximum atomic E-state index is 6.20. The number of ether oxygens (including phenoxy) is 2. The second kappa shape index (κ2) is 6.31. The van der Waals surface area contributed by atoms with E-state index in [1.165, 1.54) is 50.9 Å². The maximum absolute atomic E-state index is 6.20. The molecule has 3 nitrogen and oxygen atoms in total. The topological polar surface area (TPSA) is 21.7 Å². The molecule has 3 fully saturated rings. The third-order valence-electron chi connectivity index (χ3n) is 5.48. The van der Waals surface area contributed by atoms with E-state index in [2.05, 4.69) is 29.2 Å². The first kappa shape index (κ1) is 14.7. The highest BCUT2D eigenvalue weighted by Gasteiger charge is 2.43. The lowest BCUT2D eigenvalue weighted by Gasteiger charge is -2.38. The molecule has 1 aromatic rings. The highest BCUT2D eigenvalue weighted by molar-refractivity contribution is 5.13. The first-order chi connectivity index (χ1) is 10.8. The third kappa shape index (κ3) is 3.53. The summed E-state index contributed by atoms with van der Waals surface area (Å²) in [5.41, 5.74) is 1.37. The lowest BCUT2D eigenvalue weighted by Crippen LogP contribution is -2.44. The molecule has 0 unspecified atom stereocenters. The summed E-state index contributed by atoms with van der Waals surface area (Å²) >= 11 is 0. The Morgan fingerprint density at radius 3 is 2.64 bits per heavy atom. The van der Waals surface area contributed by atoms with Crippen molar-refractivity contribution >= 4 is 0 Å². The molecule has 22 heavy (non-hydrogen) atoms. The van der Waals surface area contributed by atoms with Gasteiger partial charge in [0.1, 0.15) is 0 Å². The van der Waals surface area contributed by atoms with Crippen LogP contribution in [0.4, 0.5) is 0 Å². The van der Waals surface area contributed by atoms with Gasteiger partial charge in [0.25, 0.3) is 0 Å². The van der Waals surface area contributed by atoms with Gasteiger partial charge in [-0.15, -0.1) is 0 Å². The average Bonchev–Trinajstić information content (AvgIpc) is 3.29. The lowest BCUT2D eigenvalue weighted by molar-refractivity contribution is -0.0460. The van der Waals surface area contributed by atoms with Crippen molar-refractivity contribution in [3.8, 4) is 0 Å². The maximum Gasteiger partial charge on any atom is 0.0840 e. The smallest absolute Gasteiger partial charge is 0.0840 e. The molecule has 1 spiro atoms. The van der Waals surface area contributed by atoms with Gasteiger partial charge in [-0.2, -0.15) is 0 Å². The molecule has 0 radical (unpaired) electrons. The molecule has 0 N–H and O–H groups in total. The van der Waals surface area contributed by atoms with Gasteiger partial charge in [-0.05, 0) is 37.2 Å². The van der Waals surface area contributed by atoms with Crippen molar-refractivity contribution in [3.05, 3.63) is 35.9 Å². The van der Waals surface area contributed by atoms with Crippen LogP contribution in [-0.2, 0) is 16.1 Å². The molecular weight excluding hydrogens is 274 g/mol. The molecule has 4 rings (SSSR count). The standard InChI is InChI=1S/C19H27NO2/c1-2-4-17(5-3-1)14-21-18-12-19(22-15-18)8-10-20(11-9-19)13-16-6-7-16/h1-5,16,18H,6-15H2/t18-/m0/s1. The Morgan fingerprint density at radius 2 is 1.91 bits per heavy atom. The van der Waals surface area contributed by atoms with Crippen molar-refractivity contribution in [1.29, 1.82) is 0 Å². The van der Waals surface area contributed by atoms with Gasteiger partial charge in [0, 0.05) is 26.1 Å². The van der Waals surface area contributed by atoms with Crippen molar-refractivity contribution in [2.45, 2.75) is 50.4 Å². The Labute approximate surface area is 133 Å². The van der Waals surface area contributed by atoms with Gasteiger partial charge in [0.15, 0.2) is 0 Å². The molecule has 1 aliphatic carbocycles. The molecule has 3 heteroatoms. The van der Waals surface area contributed by atoms with Gasteiger partial charge in [0.2, 0.25) is 0 Å². The number of piperidine rings is 1. The summed E-state index contributed by atoms with van der Waals surface area (Å²) in [4.78, 5) is 2.64. The minimum absolute atomic E-state index is 0.113. The van der Waals surface area contributed by atoms with Crippen molar-refractivity contribution in [3.63, 3.8) is 0 Å². The summed E-state index contributed by atoms with van der Waals surface area (Å²) in [6.07, 6.45) is 6.63. The van der Waals surface area contributed by atoms with Gasteiger partial charge in [-0.3, -0.25) is 0 Å². The van der Waals surface area contributed by atoms with Gasteiger partial charge in [0.05, 0.1) is 24.9 Å². The quantitative estimate of drug-likeness (QED) is 0.833. The van der Waals surface area contributed by atoms with Crippen molar-refractivity contribution in [2.24, 2.45) is 5.92 Å². The Morgan fingerprint density at radius 1 is 1.14 bits per heavy atom. The summed E-state index contributed by atoms with van der Waals surface area (Å²) in [6.45, 7) is 5.22. The second-order valence-electron chi connectivity index (χ2n) is 7.36. The van der Waals surface area contributed by atoms with Crippen LogP contribution < -0.4 is 0 Å². The minimum atomic E-state index is 0.113. The molecule has 3 aliphatic rings. The second-order valence-corrected chi connectivity index (χ2v) is 7.36. The Hall–Kier alpha value is -0.900. The predicted octanol–water partition coefficient (Wildman–Crippen LogP) is 3.24. The van der Waals surface area contributed by atoms with E-state index in [0.717, 1.165) is 18.9 Å². The molecule has 0 aromatic heterocycles. The van der Waals surface area contributed by atoms with Crippen molar-refractivity contribution in [1.82, 2.24) is 4.90 Å². The summed E-state index contributed by atoms with van der Waals surface area (Å²) in [7, 11) is 0. The highest BCUT2D eigenvalue weighted by atomic mass is 16.6. The lowest BCUT2D eigenvalue weighted by atomic mass is 9.88. The van der Waals surface area contributed by atoms with Crippen molar-refractivity contribution in [2.75, 3.05) is 26.2 Å². The van der Waals surface area contributed by atoms with Crippen LogP contribution in [0.15, 0.2) is 30.3 Å². The molecule has 2 aliphatic heterocycles. The zero-order valence-electron chi connectivity index (χ0n) is 13.4. The van der Waals surface area contributed by atoms with E-state index in [9.17, 15) is 0 Å². The highest BCUT2D eigenvalue weighted by Crippen LogP contribution is 2.38. The minimum Gasteiger partial charge on any atom is -0.372 e. The van der Waals surface area contributed by atoms with Crippen LogP contribution in [0.2, 0.25) is 0 Å². The van der Waals surface area contributed by atoms with E-state index in [1.54, 1.807) is 0 Å².